The van der Waals surface area contributed by atoms with Crippen LogP contribution in [0, 0.1) is 0 Å². The van der Waals surface area contributed by atoms with Crippen molar-refractivity contribution in [1.29, 1.82) is 0 Å². The molecule has 2 heterocycles. The summed E-state index contributed by atoms with van der Waals surface area (Å²) in [5, 5.41) is 26.8. The number of carbonyl (C=O) groups excluding carboxylic acids is 1. The van der Waals surface area contributed by atoms with Crippen molar-refractivity contribution in [2.45, 2.75) is 18.4 Å². The van der Waals surface area contributed by atoms with Gasteiger partial charge in [0.25, 0.3) is 0 Å². The number of nitrogens with zero attached hydrogens (tertiary/aromatic N) is 1. The molecule has 0 amide bonds. The van der Waals surface area contributed by atoms with Crippen molar-refractivity contribution in [3.63, 3.8) is 0 Å². The molecular formula is C14H15NO8. The molecule has 0 spiro atoms. The smallest absolute Gasteiger partial charge is 0.336 e. The highest BCUT2D eigenvalue weighted by atomic mass is 16.7. The van der Waals surface area contributed by atoms with E-state index in [1.165, 1.54) is 12.4 Å². The molecule has 0 aliphatic carbocycles. The van der Waals surface area contributed by atoms with Crippen LogP contribution in [0.1, 0.15) is 12.8 Å². The highest BCUT2D eigenvalue weighted by Crippen LogP contribution is 2.16. The molecule has 23 heavy (non-hydrogen) atoms. The maximum atomic E-state index is 11.4. The molecule has 124 valence electrons. The lowest BCUT2D eigenvalue weighted by atomic mass is 9.96. The lowest BCUT2D eigenvalue weighted by molar-refractivity contribution is -0.172. The predicted octanol–water partition coefficient (Wildman–Crippen LogP) is 0.403. The van der Waals surface area contributed by atoms with Crippen LogP contribution in [-0.4, -0.2) is 43.6 Å². The molecule has 0 aromatic carbocycles. The summed E-state index contributed by atoms with van der Waals surface area (Å²) in [6.07, 6.45) is 3.96. The van der Waals surface area contributed by atoms with E-state index in [1.807, 2.05) is 12.1 Å². The summed E-state index contributed by atoms with van der Waals surface area (Å²) in [4.78, 5) is 37.2. The van der Waals surface area contributed by atoms with Gasteiger partial charge in [0.2, 0.25) is 0 Å². The van der Waals surface area contributed by atoms with Crippen LogP contribution in [0.3, 0.4) is 0 Å². The first-order valence-electron chi connectivity index (χ1n) is 6.32. The van der Waals surface area contributed by atoms with Gasteiger partial charge < -0.3 is 24.6 Å². The average Bonchev–Trinajstić information content (AvgIpc) is 3.12. The molecule has 0 aliphatic heterocycles. The highest BCUT2D eigenvalue weighted by molar-refractivity contribution is 5.88. The second-order valence-corrected chi connectivity index (χ2v) is 4.38. The molecule has 0 saturated carbocycles. The second kappa shape index (κ2) is 8.39. The maximum Gasteiger partial charge on any atom is 0.336 e. The number of carbonyl (C=O) groups is 3. The van der Waals surface area contributed by atoms with Crippen molar-refractivity contribution in [1.82, 2.24) is 4.73 Å². The minimum atomic E-state index is -2.68. The van der Waals surface area contributed by atoms with E-state index in [4.69, 9.17) is 10.2 Å². The van der Waals surface area contributed by atoms with Gasteiger partial charge in [-0.1, -0.05) is 0 Å². The molecule has 2 aromatic rings. The Morgan fingerprint density at radius 1 is 1.00 bits per heavy atom. The quantitative estimate of drug-likeness (QED) is 0.693. The summed E-state index contributed by atoms with van der Waals surface area (Å²) in [6, 6.07) is 6.79. The molecule has 0 fully saturated rings. The van der Waals surface area contributed by atoms with Crippen molar-refractivity contribution >= 4 is 17.9 Å². The van der Waals surface area contributed by atoms with E-state index in [2.05, 4.69) is 9.25 Å². The van der Waals surface area contributed by atoms with Gasteiger partial charge in [-0.15, -0.1) is 0 Å². The second-order valence-electron chi connectivity index (χ2n) is 4.38. The van der Waals surface area contributed by atoms with E-state index in [0.717, 1.165) is 4.73 Å². The number of furan rings is 1. The minimum absolute atomic E-state index is 0.965. The molecule has 0 bridgehead atoms. The monoisotopic (exact) mass is 325 g/mol. The SMILES string of the molecule is O=C(O)CC(O)(CC(=O)On1cccc1)C(=O)O.c1ccoc1. The van der Waals surface area contributed by atoms with Gasteiger partial charge in [0, 0.05) is 12.4 Å². The van der Waals surface area contributed by atoms with E-state index in [1.54, 1.807) is 24.7 Å². The zero-order valence-corrected chi connectivity index (χ0v) is 11.9. The zero-order chi connectivity index (χ0) is 17.3. The van der Waals surface area contributed by atoms with Crippen molar-refractivity contribution < 1.29 is 39.0 Å². The Kier molecular flexibility index (Phi) is 6.56. The maximum absolute atomic E-state index is 11.4. The first-order chi connectivity index (χ1) is 10.8. The summed E-state index contributed by atoms with van der Waals surface area (Å²) in [6.45, 7) is 0. The minimum Gasteiger partial charge on any atom is -0.481 e. The summed E-state index contributed by atoms with van der Waals surface area (Å²) in [5.41, 5.74) is -2.68. The summed E-state index contributed by atoms with van der Waals surface area (Å²) < 4.78 is 5.59. The highest BCUT2D eigenvalue weighted by Gasteiger charge is 2.41. The fourth-order valence-electron chi connectivity index (χ4n) is 1.46. The Morgan fingerprint density at radius 2 is 1.57 bits per heavy atom. The molecule has 3 N–H and O–H groups in total. The van der Waals surface area contributed by atoms with Crippen LogP contribution in [0.4, 0.5) is 0 Å². The standard InChI is InChI=1S/C10H11NO7.C4H4O/c12-7(13)5-10(17,9(15)16)6-8(14)18-11-3-1-2-4-11;1-2-4-5-3-1/h1-4,17H,5-6H2,(H,12,13)(H,15,16);1-4H. The third-order valence-corrected chi connectivity index (χ3v) is 2.49. The number of aliphatic hydroxyl groups is 1. The Balaban J connectivity index is 0.000000446. The molecule has 0 radical (unpaired) electrons. The van der Waals surface area contributed by atoms with Crippen LogP contribution in [0.5, 0.6) is 0 Å². The summed E-state index contributed by atoms with van der Waals surface area (Å²) in [5.74, 6) is -4.39. The summed E-state index contributed by atoms with van der Waals surface area (Å²) >= 11 is 0. The van der Waals surface area contributed by atoms with Crippen LogP contribution < -0.4 is 4.84 Å². The fourth-order valence-corrected chi connectivity index (χ4v) is 1.46. The lowest BCUT2D eigenvalue weighted by Gasteiger charge is -2.19. The van der Waals surface area contributed by atoms with Crippen LogP contribution >= 0.6 is 0 Å². The number of aromatic nitrogens is 1. The molecule has 9 heteroatoms. The third-order valence-electron chi connectivity index (χ3n) is 2.49. The Morgan fingerprint density at radius 3 is 1.96 bits per heavy atom. The molecule has 2 rings (SSSR count). The number of carboxylic acid groups (broad SMARTS) is 2. The number of rotatable bonds is 6. The number of aliphatic carboxylic acids is 2. The van der Waals surface area contributed by atoms with Crippen LogP contribution in [0.2, 0.25) is 0 Å². The molecule has 0 saturated heterocycles. The number of carboxylic acids is 2. The molecule has 0 aliphatic rings. The van der Waals surface area contributed by atoms with E-state index < -0.39 is 36.4 Å². The van der Waals surface area contributed by atoms with Gasteiger partial charge in [-0.3, -0.25) is 4.79 Å². The van der Waals surface area contributed by atoms with Crippen molar-refractivity contribution in [2.24, 2.45) is 0 Å². The van der Waals surface area contributed by atoms with Gasteiger partial charge in [0.05, 0.1) is 25.4 Å². The van der Waals surface area contributed by atoms with Gasteiger partial charge >= 0.3 is 17.9 Å². The van der Waals surface area contributed by atoms with Crippen LogP contribution in [-0.2, 0) is 14.4 Å². The Hall–Kier alpha value is -3.07. The van der Waals surface area contributed by atoms with Crippen molar-refractivity contribution in [3.8, 4) is 0 Å². The average molecular weight is 325 g/mol. The number of hydrogen-bond acceptors (Lipinski definition) is 6. The van der Waals surface area contributed by atoms with Crippen LogP contribution in [0.15, 0.2) is 53.6 Å². The summed E-state index contributed by atoms with van der Waals surface area (Å²) in [7, 11) is 0. The largest absolute Gasteiger partial charge is 0.481 e. The molecule has 1 unspecified atom stereocenters. The van der Waals surface area contributed by atoms with Crippen LogP contribution in [0.25, 0.3) is 0 Å². The first-order valence-corrected chi connectivity index (χ1v) is 6.32. The van der Waals surface area contributed by atoms with Gasteiger partial charge in [0.15, 0.2) is 5.60 Å². The normalized spacial score (nSPS) is 12.4. The van der Waals surface area contributed by atoms with E-state index >= 15 is 0 Å². The molecular weight excluding hydrogens is 310 g/mol. The fraction of sp³-hybridized carbons (Fsp3) is 0.214. The van der Waals surface area contributed by atoms with Gasteiger partial charge in [-0.25, -0.2) is 9.59 Å². The topological polar surface area (TPSA) is 139 Å². The lowest BCUT2D eigenvalue weighted by Crippen LogP contribution is -2.44. The van der Waals surface area contributed by atoms with E-state index in [0.29, 0.717) is 0 Å². The third kappa shape index (κ3) is 6.48. The zero-order valence-electron chi connectivity index (χ0n) is 11.9. The van der Waals surface area contributed by atoms with E-state index in [9.17, 15) is 19.5 Å². The Bertz CT molecular complexity index is 602. The molecule has 2 aromatic heterocycles. The van der Waals surface area contributed by atoms with Gasteiger partial charge in [0.1, 0.15) is 0 Å². The van der Waals surface area contributed by atoms with Crippen molar-refractivity contribution in [2.75, 3.05) is 0 Å². The molecule has 9 nitrogen and oxygen atoms in total. The van der Waals surface area contributed by atoms with Gasteiger partial charge in [-0.05, 0) is 24.3 Å². The first kappa shape index (κ1) is 18.0. The van der Waals surface area contributed by atoms with E-state index in [-0.39, 0.29) is 0 Å². The Labute approximate surface area is 130 Å². The predicted molar refractivity (Wildman–Crippen MR) is 74.2 cm³/mol. The van der Waals surface area contributed by atoms with Gasteiger partial charge in [-0.2, -0.15) is 4.73 Å². The number of hydrogen-bond donors (Lipinski definition) is 3. The van der Waals surface area contributed by atoms with Crippen molar-refractivity contribution in [3.05, 3.63) is 49.2 Å². The molecule has 1 atom stereocenters.